The van der Waals surface area contributed by atoms with E-state index >= 15 is 0 Å². The molecule has 164 valence electrons. The van der Waals surface area contributed by atoms with Crippen LogP contribution in [0.1, 0.15) is 41.5 Å². The van der Waals surface area contributed by atoms with Gasteiger partial charge in [-0.05, 0) is 57.3 Å². The number of rotatable bonds is 4. The number of aryl methyl sites for hydroxylation is 1. The molecule has 1 amide bonds. The molecule has 1 aliphatic rings. The quantitative estimate of drug-likeness (QED) is 0.530. The molecule has 1 aromatic heterocycles. The fourth-order valence-electron chi connectivity index (χ4n) is 4.27. The normalized spacial score (nSPS) is 15.8. The first-order chi connectivity index (χ1) is 15.3. The summed E-state index contributed by atoms with van der Waals surface area (Å²) in [7, 11) is 1.74. The number of amides is 1. The van der Waals surface area contributed by atoms with E-state index in [1.165, 1.54) is 12.1 Å². The van der Waals surface area contributed by atoms with E-state index in [9.17, 15) is 13.6 Å². The monoisotopic (exact) mass is 435 g/mol. The van der Waals surface area contributed by atoms with E-state index in [2.05, 4.69) is 21.8 Å². The van der Waals surface area contributed by atoms with E-state index in [1.807, 2.05) is 6.92 Å². The maximum atomic E-state index is 13.8. The molecule has 1 atom stereocenters. The fraction of sp³-hybridized carbons (Fsp3) is 0.250. The van der Waals surface area contributed by atoms with Crippen LogP contribution in [0.3, 0.4) is 0 Å². The van der Waals surface area contributed by atoms with Gasteiger partial charge in [0.25, 0.3) is 5.91 Å². The first-order valence-corrected chi connectivity index (χ1v) is 10.3. The van der Waals surface area contributed by atoms with Crippen LogP contribution in [0.25, 0.3) is 11.3 Å². The van der Waals surface area contributed by atoms with Gasteiger partial charge in [-0.1, -0.05) is 0 Å². The first-order valence-electron chi connectivity index (χ1n) is 10.3. The second-order valence-electron chi connectivity index (χ2n) is 7.67. The third-order valence-electron chi connectivity index (χ3n) is 5.70. The Morgan fingerprint density at radius 2 is 1.91 bits per heavy atom. The predicted molar refractivity (Wildman–Crippen MR) is 121 cm³/mol. The number of fused-ring (bicyclic) bond motifs is 1. The van der Waals surface area contributed by atoms with Gasteiger partial charge in [-0.3, -0.25) is 19.5 Å². The van der Waals surface area contributed by atoms with E-state index in [4.69, 9.17) is 0 Å². The lowest BCUT2D eigenvalue weighted by Crippen LogP contribution is -2.38. The molecule has 1 aliphatic heterocycles. The number of hydrogen-bond donors (Lipinski definition) is 0. The summed E-state index contributed by atoms with van der Waals surface area (Å²) in [6.45, 7) is 7.73. The highest BCUT2D eigenvalue weighted by molar-refractivity contribution is 5.96. The van der Waals surface area contributed by atoms with Gasteiger partial charge < -0.3 is 4.90 Å². The molecule has 8 heteroatoms. The van der Waals surface area contributed by atoms with Gasteiger partial charge in [-0.2, -0.15) is 5.10 Å². The standard InChI is InChI=1S/C24H23F2N5O/c1-5-28-20-7-6-15(12-21(20)27-3)24(32)31-9-8-19-22(14(31)2)29-30(4)23(19)16-10-17(25)13-18(26)11-16/h5-7,10-14H,3,8-9H2,1-2,4H3/t14-/m1/s1. The summed E-state index contributed by atoms with van der Waals surface area (Å²) in [4.78, 5) is 23.3. The molecule has 32 heavy (non-hydrogen) atoms. The summed E-state index contributed by atoms with van der Waals surface area (Å²) >= 11 is 0. The van der Waals surface area contributed by atoms with Crippen molar-refractivity contribution in [2.45, 2.75) is 26.3 Å². The van der Waals surface area contributed by atoms with Crippen molar-refractivity contribution in [1.29, 1.82) is 0 Å². The van der Waals surface area contributed by atoms with Crippen LogP contribution in [0, 0.1) is 11.6 Å². The molecule has 4 rings (SSSR count). The molecule has 2 aromatic carbocycles. The number of nitrogens with zero attached hydrogens (tertiary/aromatic N) is 5. The first kappa shape index (κ1) is 21.5. The van der Waals surface area contributed by atoms with Gasteiger partial charge in [0.05, 0.1) is 28.8 Å². The zero-order chi connectivity index (χ0) is 23.0. The molecule has 3 aromatic rings. The number of carbonyl (C=O) groups is 1. The van der Waals surface area contributed by atoms with E-state index in [0.717, 1.165) is 17.3 Å². The van der Waals surface area contributed by atoms with Gasteiger partial charge in [0, 0.05) is 42.6 Å². The summed E-state index contributed by atoms with van der Waals surface area (Å²) in [6.07, 6.45) is 2.18. The second-order valence-corrected chi connectivity index (χ2v) is 7.67. The smallest absolute Gasteiger partial charge is 0.254 e. The predicted octanol–water partition coefficient (Wildman–Crippen LogP) is 5.18. The van der Waals surface area contributed by atoms with Gasteiger partial charge >= 0.3 is 0 Å². The lowest BCUT2D eigenvalue weighted by molar-refractivity contribution is 0.0673. The Hall–Kier alpha value is -3.68. The third-order valence-corrected chi connectivity index (χ3v) is 5.70. The molecule has 0 unspecified atom stereocenters. The van der Waals surface area contributed by atoms with Gasteiger partial charge in [-0.25, -0.2) is 8.78 Å². The molecule has 0 bridgehead atoms. The number of aromatic nitrogens is 2. The number of halogens is 2. The van der Waals surface area contributed by atoms with Crippen LogP contribution in [-0.2, 0) is 13.5 Å². The van der Waals surface area contributed by atoms with Gasteiger partial charge in [0.1, 0.15) is 11.6 Å². The van der Waals surface area contributed by atoms with Crippen molar-refractivity contribution in [1.82, 2.24) is 14.7 Å². The zero-order valence-electron chi connectivity index (χ0n) is 18.1. The Balaban J connectivity index is 1.68. The van der Waals surface area contributed by atoms with E-state index in [1.54, 1.807) is 48.0 Å². The van der Waals surface area contributed by atoms with Crippen LogP contribution in [0.5, 0.6) is 0 Å². The van der Waals surface area contributed by atoms with Crippen molar-refractivity contribution in [2.75, 3.05) is 6.54 Å². The van der Waals surface area contributed by atoms with Crippen molar-refractivity contribution in [3.8, 4) is 11.3 Å². The van der Waals surface area contributed by atoms with Crippen LogP contribution in [0.15, 0.2) is 46.4 Å². The van der Waals surface area contributed by atoms with Crippen LogP contribution in [0.2, 0.25) is 0 Å². The number of aliphatic imine (C=N–C) groups is 2. The molecule has 0 fully saturated rings. The second kappa shape index (κ2) is 8.45. The summed E-state index contributed by atoms with van der Waals surface area (Å²) < 4.78 is 29.2. The highest BCUT2D eigenvalue weighted by Crippen LogP contribution is 2.37. The maximum absolute atomic E-state index is 13.8. The lowest BCUT2D eigenvalue weighted by atomic mass is 9.95. The molecule has 0 radical (unpaired) electrons. The molecule has 2 heterocycles. The Morgan fingerprint density at radius 1 is 1.19 bits per heavy atom. The van der Waals surface area contributed by atoms with Crippen molar-refractivity contribution < 1.29 is 13.6 Å². The molecule has 0 saturated heterocycles. The highest BCUT2D eigenvalue weighted by atomic mass is 19.1. The minimum absolute atomic E-state index is 0.149. The molecule has 6 nitrogen and oxygen atoms in total. The molecular formula is C24H23F2N5O. The fourth-order valence-corrected chi connectivity index (χ4v) is 4.27. The van der Waals surface area contributed by atoms with Crippen LogP contribution < -0.4 is 0 Å². The van der Waals surface area contributed by atoms with Crippen LogP contribution in [0.4, 0.5) is 20.2 Å². The van der Waals surface area contributed by atoms with Gasteiger partial charge in [0.15, 0.2) is 0 Å². The Bertz CT molecular complexity index is 1230. The van der Waals surface area contributed by atoms with Crippen LogP contribution >= 0.6 is 0 Å². The molecule has 0 N–H and O–H groups in total. The van der Waals surface area contributed by atoms with E-state index in [-0.39, 0.29) is 11.9 Å². The minimum atomic E-state index is -0.641. The Kier molecular flexibility index (Phi) is 5.69. The number of carbonyl (C=O) groups excluding carboxylic acids is 1. The minimum Gasteiger partial charge on any atom is -0.330 e. The van der Waals surface area contributed by atoms with Crippen LogP contribution in [-0.4, -0.2) is 40.1 Å². The van der Waals surface area contributed by atoms with Crippen molar-refractivity contribution in [3.05, 3.63) is 64.9 Å². The summed E-state index contributed by atoms with van der Waals surface area (Å²) in [6, 6.07) is 8.28. The molecule has 0 saturated carbocycles. The lowest BCUT2D eigenvalue weighted by Gasteiger charge is -2.33. The average Bonchev–Trinajstić information content (AvgIpc) is 3.10. The van der Waals surface area contributed by atoms with Gasteiger partial charge in [-0.15, -0.1) is 0 Å². The summed E-state index contributed by atoms with van der Waals surface area (Å²) in [5.41, 5.74) is 4.38. The summed E-state index contributed by atoms with van der Waals surface area (Å²) in [5, 5.41) is 4.60. The van der Waals surface area contributed by atoms with Crippen molar-refractivity contribution in [2.24, 2.45) is 17.0 Å². The van der Waals surface area contributed by atoms with Crippen molar-refractivity contribution in [3.63, 3.8) is 0 Å². The molecule has 0 aliphatic carbocycles. The number of hydrogen-bond acceptors (Lipinski definition) is 4. The maximum Gasteiger partial charge on any atom is 0.254 e. The zero-order valence-corrected chi connectivity index (χ0v) is 18.1. The number of benzene rings is 2. The van der Waals surface area contributed by atoms with E-state index in [0.29, 0.717) is 41.2 Å². The van der Waals surface area contributed by atoms with Gasteiger partial charge in [0.2, 0.25) is 0 Å². The largest absolute Gasteiger partial charge is 0.330 e. The third kappa shape index (κ3) is 3.72. The Labute approximate surface area is 184 Å². The van der Waals surface area contributed by atoms with E-state index < -0.39 is 11.6 Å². The molecule has 0 spiro atoms. The SMILES string of the molecule is C=Nc1cc(C(=O)N2CCc3c(nn(C)c3-c3cc(F)cc(F)c3)[C@H]2C)ccc1N=CC. The topological polar surface area (TPSA) is 62.9 Å². The highest BCUT2D eigenvalue weighted by Gasteiger charge is 2.33. The molecular weight excluding hydrogens is 412 g/mol. The Morgan fingerprint density at radius 3 is 2.56 bits per heavy atom. The summed E-state index contributed by atoms with van der Waals surface area (Å²) in [5.74, 6) is -1.43. The van der Waals surface area contributed by atoms with Crippen molar-refractivity contribution >= 4 is 30.2 Å². The average molecular weight is 435 g/mol.